The smallest absolute Gasteiger partial charge is 0.227 e. The summed E-state index contributed by atoms with van der Waals surface area (Å²) in [5.74, 6) is 2.75. The van der Waals surface area contributed by atoms with Crippen LogP contribution in [-0.2, 0) is 17.2 Å². The van der Waals surface area contributed by atoms with Crippen molar-refractivity contribution in [2.24, 2.45) is 0 Å². The van der Waals surface area contributed by atoms with Gasteiger partial charge in [0, 0.05) is 42.3 Å². The fourth-order valence-electron chi connectivity index (χ4n) is 4.68. The zero-order valence-electron chi connectivity index (χ0n) is 18.0. The highest BCUT2D eigenvalue weighted by atomic mass is 32.2. The van der Waals surface area contributed by atoms with E-state index >= 15 is 0 Å². The maximum absolute atomic E-state index is 13.7. The summed E-state index contributed by atoms with van der Waals surface area (Å²) in [6.07, 6.45) is 2.54. The molecule has 8 heteroatoms. The molecule has 0 aliphatic carbocycles. The number of aryl methyl sites for hydroxylation is 1. The number of halogens is 1. The number of fused-ring (bicyclic) bond motifs is 2. The topological polar surface area (TPSA) is 71.3 Å². The summed E-state index contributed by atoms with van der Waals surface area (Å²) in [5.41, 5.74) is 2.32. The number of benzene rings is 2. The number of hydrogen-bond donors (Lipinski definition) is 1. The normalized spacial score (nSPS) is 18.6. The summed E-state index contributed by atoms with van der Waals surface area (Å²) in [4.78, 5) is 12.3. The van der Waals surface area contributed by atoms with Crippen molar-refractivity contribution in [2.75, 3.05) is 29.1 Å². The third-order valence-electron chi connectivity index (χ3n) is 6.39. The van der Waals surface area contributed by atoms with Crippen molar-refractivity contribution in [3.63, 3.8) is 0 Å². The van der Waals surface area contributed by atoms with Crippen molar-refractivity contribution in [1.29, 1.82) is 0 Å². The molecule has 1 fully saturated rings. The van der Waals surface area contributed by atoms with Gasteiger partial charge in [-0.25, -0.2) is 9.37 Å². The number of anilines is 3. The van der Waals surface area contributed by atoms with Crippen LogP contribution in [0.1, 0.15) is 30.2 Å². The maximum Gasteiger partial charge on any atom is 0.227 e. The van der Waals surface area contributed by atoms with E-state index in [-0.39, 0.29) is 5.82 Å². The van der Waals surface area contributed by atoms with Crippen LogP contribution in [0.3, 0.4) is 0 Å². The molecule has 6 nitrogen and oxygen atoms in total. The van der Waals surface area contributed by atoms with Gasteiger partial charge in [0.25, 0.3) is 0 Å². The molecule has 33 heavy (non-hydrogen) atoms. The van der Waals surface area contributed by atoms with Crippen LogP contribution >= 0.6 is 0 Å². The lowest BCUT2D eigenvalue weighted by atomic mass is 9.94. The molecule has 0 amide bonds. The van der Waals surface area contributed by atoms with Gasteiger partial charge in [-0.1, -0.05) is 24.3 Å². The molecular weight excluding hydrogens is 439 g/mol. The highest BCUT2D eigenvalue weighted by molar-refractivity contribution is 7.85. The van der Waals surface area contributed by atoms with Crippen molar-refractivity contribution in [2.45, 2.75) is 30.1 Å². The second-order valence-electron chi connectivity index (χ2n) is 8.53. The van der Waals surface area contributed by atoms with E-state index in [4.69, 9.17) is 14.4 Å². The van der Waals surface area contributed by atoms with Gasteiger partial charge >= 0.3 is 0 Å². The van der Waals surface area contributed by atoms with Gasteiger partial charge < -0.3 is 14.6 Å². The lowest BCUT2D eigenvalue weighted by Gasteiger charge is -2.31. The Hall–Kier alpha value is -3.26. The van der Waals surface area contributed by atoms with Gasteiger partial charge in [0.2, 0.25) is 5.95 Å². The van der Waals surface area contributed by atoms with E-state index in [2.05, 4.69) is 22.3 Å². The number of nitrogens with one attached hydrogen (secondary N) is 1. The highest BCUT2D eigenvalue weighted by Crippen LogP contribution is 2.35. The van der Waals surface area contributed by atoms with Crippen LogP contribution in [0.15, 0.2) is 63.9 Å². The van der Waals surface area contributed by atoms with E-state index in [1.807, 2.05) is 18.2 Å². The number of furan rings is 1. The molecule has 0 radical (unpaired) electrons. The van der Waals surface area contributed by atoms with Gasteiger partial charge in [0.15, 0.2) is 5.82 Å². The van der Waals surface area contributed by atoms with Gasteiger partial charge in [-0.2, -0.15) is 4.98 Å². The SMILES string of the molecule is O=S1CCc2nc(N3CCC(c4cc5ccccc5o4)CC3)nc(Nc3cccc(F)c3)c21. The Bertz CT molecular complexity index is 1330. The number of para-hydroxylation sites is 1. The Morgan fingerprint density at radius 3 is 2.73 bits per heavy atom. The second-order valence-corrected chi connectivity index (χ2v) is 10.0. The minimum atomic E-state index is -1.15. The summed E-state index contributed by atoms with van der Waals surface area (Å²) in [6, 6.07) is 16.5. The molecule has 0 saturated carbocycles. The predicted octanol–water partition coefficient (Wildman–Crippen LogP) is 5.15. The lowest BCUT2D eigenvalue weighted by Crippen LogP contribution is -2.34. The zero-order chi connectivity index (χ0) is 22.4. The molecule has 1 saturated heterocycles. The maximum atomic E-state index is 13.7. The molecule has 1 N–H and O–H groups in total. The van der Waals surface area contributed by atoms with Gasteiger partial charge in [0.05, 0.1) is 16.5 Å². The quantitative estimate of drug-likeness (QED) is 0.452. The number of nitrogens with zero attached hydrogens (tertiary/aromatic N) is 3. The Morgan fingerprint density at radius 2 is 1.91 bits per heavy atom. The molecule has 4 heterocycles. The van der Waals surface area contributed by atoms with E-state index in [1.165, 1.54) is 12.1 Å². The third kappa shape index (κ3) is 3.88. The van der Waals surface area contributed by atoms with Gasteiger partial charge in [-0.3, -0.25) is 4.21 Å². The van der Waals surface area contributed by atoms with E-state index in [0.717, 1.165) is 48.4 Å². The van der Waals surface area contributed by atoms with Crippen LogP contribution in [-0.4, -0.2) is 33.0 Å². The Morgan fingerprint density at radius 1 is 1.06 bits per heavy atom. The first-order valence-electron chi connectivity index (χ1n) is 11.2. The first-order chi connectivity index (χ1) is 16.1. The minimum absolute atomic E-state index is 0.334. The average Bonchev–Trinajstić information content (AvgIpc) is 3.43. The Labute approximate surface area is 193 Å². The summed E-state index contributed by atoms with van der Waals surface area (Å²) < 4.78 is 32.4. The average molecular weight is 463 g/mol. The molecule has 6 rings (SSSR count). The van der Waals surface area contributed by atoms with Gasteiger partial charge in [-0.15, -0.1) is 0 Å². The molecule has 2 aliphatic heterocycles. The Kier molecular flexibility index (Phi) is 5.10. The summed E-state index contributed by atoms with van der Waals surface area (Å²) in [7, 11) is -1.15. The number of aromatic nitrogens is 2. The number of rotatable bonds is 4. The van der Waals surface area contributed by atoms with Crippen LogP contribution < -0.4 is 10.2 Å². The first-order valence-corrected chi connectivity index (χ1v) is 12.5. The standard InChI is InChI=1S/C25H23FN4O2S/c26-18-5-3-6-19(15-18)27-24-23-20(10-13-33(23)31)28-25(29-24)30-11-8-16(9-12-30)22-14-17-4-1-2-7-21(17)32-22/h1-7,14-16H,8-13H2,(H,27,28,29). The molecule has 4 aromatic rings. The predicted molar refractivity (Wildman–Crippen MR) is 127 cm³/mol. The lowest BCUT2D eigenvalue weighted by molar-refractivity contribution is 0.419. The fourth-order valence-corrected chi connectivity index (χ4v) is 5.99. The van der Waals surface area contributed by atoms with Crippen molar-refractivity contribution in [3.05, 3.63) is 71.9 Å². The van der Waals surface area contributed by atoms with E-state index < -0.39 is 10.8 Å². The van der Waals surface area contributed by atoms with Crippen molar-refractivity contribution in [3.8, 4) is 0 Å². The van der Waals surface area contributed by atoms with Crippen LogP contribution in [0.5, 0.6) is 0 Å². The van der Waals surface area contributed by atoms with Gasteiger partial charge in [0.1, 0.15) is 22.1 Å². The summed E-state index contributed by atoms with van der Waals surface area (Å²) in [6.45, 7) is 1.62. The molecule has 2 aliphatic rings. The summed E-state index contributed by atoms with van der Waals surface area (Å²) >= 11 is 0. The molecule has 0 spiro atoms. The van der Waals surface area contributed by atoms with Crippen molar-refractivity contribution in [1.82, 2.24) is 9.97 Å². The van der Waals surface area contributed by atoms with Crippen LogP contribution in [0.25, 0.3) is 11.0 Å². The van der Waals surface area contributed by atoms with Crippen molar-refractivity contribution < 1.29 is 13.0 Å². The van der Waals surface area contributed by atoms with Crippen molar-refractivity contribution >= 4 is 39.2 Å². The first kappa shape index (κ1) is 20.4. The third-order valence-corrected chi connectivity index (χ3v) is 7.85. The number of hydrogen-bond acceptors (Lipinski definition) is 6. The Balaban J connectivity index is 1.25. The van der Waals surface area contributed by atoms with Crippen LogP contribution in [0.4, 0.5) is 21.8 Å². The van der Waals surface area contributed by atoms with Crippen LogP contribution in [0, 0.1) is 5.82 Å². The molecular formula is C25H23FN4O2S. The molecule has 0 bridgehead atoms. The zero-order valence-corrected chi connectivity index (χ0v) is 18.8. The molecule has 2 aromatic heterocycles. The molecule has 1 atom stereocenters. The molecule has 2 aromatic carbocycles. The number of piperidine rings is 1. The molecule has 168 valence electrons. The van der Waals surface area contributed by atoms with E-state index in [0.29, 0.717) is 40.4 Å². The largest absolute Gasteiger partial charge is 0.461 e. The van der Waals surface area contributed by atoms with E-state index in [9.17, 15) is 8.60 Å². The highest BCUT2D eigenvalue weighted by Gasteiger charge is 2.30. The van der Waals surface area contributed by atoms with Crippen LogP contribution in [0.2, 0.25) is 0 Å². The van der Waals surface area contributed by atoms with Gasteiger partial charge in [-0.05, 0) is 43.2 Å². The fraction of sp³-hybridized carbons (Fsp3) is 0.280. The summed E-state index contributed by atoms with van der Waals surface area (Å²) in [5, 5.41) is 4.32. The monoisotopic (exact) mass is 462 g/mol. The second kappa shape index (κ2) is 8.26. The van der Waals surface area contributed by atoms with E-state index in [1.54, 1.807) is 12.1 Å². The minimum Gasteiger partial charge on any atom is -0.461 e. The molecule has 1 unspecified atom stereocenters.